The van der Waals surface area contributed by atoms with E-state index in [1.54, 1.807) is 11.3 Å². The van der Waals surface area contributed by atoms with Gasteiger partial charge < -0.3 is 11.1 Å². The molecule has 0 saturated carbocycles. The summed E-state index contributed by atoms with van der Waals surface area (Å²) in [5.74, 6) is -0.00815. The van der Waals surface area contributed by atoms with E-state index in [-0.39, 0.29) is 5.91 Å². The summed E-state index contributed by atoms with van der Waals surface area (Å²) in [5.41, 5.74) is 5.25. The monoisotopic (exact) mass is 228 g/mol. The van der Waals surface area contributed by atoms with Crippen molar-refractivity contribution in [1.82, 2.24) is 5.32 Å². The van der Waals surface area contributed by atoms with Crippen molar-refractivity contribution in [3.05, 3.63) is 22.4 Å². The lowest BCUT2D eigenvalue weighted by Gasteiger charge is -2.02. The fraction of sp³-hybridized carbons (Fsp3) is 0.333. The van der Waals surface area contributed by atoms with Crippen molar-refractivity contribution in [3.63, 3.8) is 0 Å². The van der Waals surface area contributed by atoms with E-state index in [4.69, 9.17) is 5.73 Å². The zero-order valence-electron chi connectivity index (χ0n) is 7.66. The fourth-order valence-electron chi connectivity index (χ4n) is 0.966. The molecule has 0 saturated heterocycles. The van der Waals surface area contributed by atoms with Gasteiger partial charge in [0, 0.05) is 11.3 Å². The third kappa shape index (κ3) is 4.34. The van der Waals surface area contributed by atoms with Crippen LogP contribution in [-0.4, -0.2) is 17.4 Å². The molecule has 14 heavy (non-hydrogen) atoms. The Hall–Kier alpha value is -0.940. The van der Waals surface area contributed by atoms with E-state index in [0.717, 1.165) is 6.42 Å². The van der Waals surface area contributed by atoms with Gasteiger partial charge in [0.25, 0.3) is 0 Å². The summed E-state index contributed by atoms with van der Waals surface area (Å²) in [6.45, 7) is 0.290. The van der Waals surface area contributed by atoms with Crippen LogP contribution >= 0.6 is 23.6 Å². The van der Waals surface area contributed by atoms with Crippen molar-refractivity contribution in [3.8, 4) is 0 Å². The van der Waals surface area contributed by atoms with Crippen LogP contribution in [0.5, 0.6) is 0 Å². The minimum absolute atomic E-state index is 0.00815. The van der Waals surface area contributed by atoms with Crippen LogP contribution in [0.2, 0.25) is 0 Å². The van der Waals surface area contributed by atoms with Crippen molar-refractivity contribution in [1.29, 1.82) is 0 Å². The molecule has 3 nitrogen and oxygen atoms in total. The highest BCUT2D eigenvalue weighted by atomic mass is 32.1. The van der Waals surface area contributed by atoms with Gasteiger partial charge in [0.15, 0.2) is 0 Å². The molecule has 1 heterocycles. The number of amides is 1. The summed E-state index contributed by atoms with van der Waals surface area (Å²) in [4.78, 5) is 12.8. The highest BCUT2D eigenvalue weighted by Gasteiger charge is 2.02. The third-order valence-electron chi connectivity index (χ3n) is 1.64. The van der Waals surface area contributed by atoms with Gasteiger partial charge in [-0.05, 0) is 17.9 Å². The maximum atomic E-state index is 11.2. The summed E-state index contributed by atoms with van der Waals surface area (Å²) < 4.78 is 0. The third-order valence-corrected chi connectivity index (χ3v) is 2.72. The largest absolute Gasteiger partial charge is 0.392 e. The molecule has 0 spiro atoms. The Morgan fingerprint density at radius 3 is 3.00 bits per heavy atom. The second kappa shape index (κ2) is 5.72. The van der Waals surface area contributed by atoms with Gasteiger partial charge in [-0.15, -0.1) is 11.3 Å². The Morgan fingerprint density at radius 1 is 1.64 bits per heavy atom. The van der Waals surface area contributed by atoms with Crippen LogP contribution < -0.4 is 11.1 Å². The fourth-order valence-corrected chi connectivity index (χ4v) is 1.75. The molecular weight excluding hydrogens is 216 g/mol. The van der Waals surface area contributed by atoms with Gasteiger partial charge in [-0.1, -0.05) is 18.3 Å². The average molecular weight is 228 g/mol. The minimum Gasteiger partial charge on any atom is -0.392 e. The Morgan fingerprint density at radius 2 is 2.43 bits per heavy atom. The van der Waals surface area contributed by atoms with Gasteiger partial charge in [0.2, 0.25) is 5.91 Å². The first kappa shape index (κ1) is 11.1. The molecule has 5 heteroatoms. The number of hydrogen-bond acceptors (Lipinski definition) is 3. The SMILES string of the molecule is NC(=S)CNC(=O)CCc1cccs1. The van der Waals surface area contributed by atoms with Gasteiger partial charge in [0.1, 0.15) is 0 Å². The van der Waals surface area contributed by atoms with Crippen LogP contribution in [0.3, 0.4) is 0 Å². The zero-order chi connectivity index (χ0) is 10.4. The summed E-state index contributed by atoms with van der Waals surface area (Å²) >= 11 is 6.30. The predicted octanol–water partition coefficient (Wildman–Crippen LogP) is 1.08. The van der Waals surface area contributed by atoms with Gasteiger partial charge in [-0.2, -0.15) is 0 Å². The maximum Gasteiger partial charge on any atom is 0.220 e. The molecule has 1 aromatic heterocycles. The number of rotatable bonds is 5. The lowest BCUT2D eigenvalue weighted by Crippen LogP contribution is -2.32. The van der Waals surface area contributed by atoms with E-state index in [1.165, 1.54) is 4.88 Å². The predicted molar refractivity (Wildman–Crippen MR) is 62.4 cm³/mol. The van der Waals surface area contributed by atoms with E-state index in [1.807, 2.05) is 17.5 Å². The number of hydrogen-bond donors (Lipinski definition) is 2. The van der Waals surface area contributed by atoms with E-state index < -0.39 is 0 Å². The second-order valence-corrected chi connectivity index (χ2v) is 4.38. The van der Waals surface area contributed by atoms with Crippen molar-refractivity contribution >= 4 is 34.5 Å². The first-order valence-corrected chi connectivity index (χ1v) is 5.54. The molecular formula is C9H12N2OS2. The van der Waals surface area contributed by atoms with Crippen molar-refractivity contribution in [2.75, 3.05) is 6.54 Å². The molecule has 0 unspecified atom stereocenters. The summed E-state index contributed by atoms with van der Waals surface area (Å²) in [6, 6.07) is 4.00. The minimum atomic E-state index is -0.00815. The number of nitrogens with two attached hydrogens (primary N) is 1. The zero-order valence-corrected chi connectivity index (χ0v) is 9.29. The smallest absolute Gasteiger partial charge is 0.220 e. The van der Waals surface area contributed by atoms with Crippen molar-refractivity contribution < 1.29 is 4.79 Å². The summed E-state index contributed by atoms with van der Waals surface area (Å²) in [7, 11) is 0. The van der Waals surface area contributed by atoms with Crippen LogP contribution in [0.25, 0.3) is 0 Å². The first-order valence-electron chi connectivity index (χ1n) is 4.26. The van der Waals surface area contributed by atoms with Crippen LogP contribution in [0.1, 0.15) is 11.3 Å². The van der Waals surface area contributed by atoms with Crippen LogP contribution in [0, 0.1) is 0 Å². The molecule has 0 aliphatic rings. The number of nitrogens with one attached hydrogen (secondary N) is 1. The summed E-state index contributed by atoms with van der Waals surface area (Å²) in [5, 5.41) is 4.65. The molecule has 1 rings (SSSR count). The summed E-state index contributed by atoms with van der Waals surface area (Å²) in [6.07, 6.45) is 1.27. The molecule has 0 aliphatic heterocycles. The average Bonchev–Trinajstić information content (AvgIpc) is 2.63. The first-order chi connectivity index (χ1) is 6.68. The molecule has 0 bridgehead atoms. The highest BCUT2D eigenvalue weighted by molar-refractivity contribution is 7.80. The number of carbonyl (C=O) groups is 1. The number of thiophene rings is 1. The van der Waals surface area contributed by atoms with E-state index >= 15 is 0 Å². The van der Waals surface area contributed by atoms with Gasteiger partial charge in [-0.3, -0.25) is 4.79 Å². The number of carbonyl (C=O) groups excluding carboxylic acids is 1. The lowest BCUT2D eigenvalue weighted by atomic mass is 10.2. The Bertz CT molecular complexity index is 309. The van der Waals surface area contributed by atoms with Crippen molar-refractivity contribution in [2.24, 2.45) is 5.73 Å². The molecule has 76 valence electrons. The highest BCUT2D eigenvalue weighted by Crippen LogP contribution is 2.10. The van der Waals surface area contributed by atoms with Gasteiger partial charge >= 0.3 is 0 Å². The molecule has 1 aromatic rings. The van der Waals surface area contributed by atoms with Crippen molar-refractivity contribution in [2.45, 2.75) is 12.8 Å². The Kier molecular flexibility index (Phi) is 4.55. The lowest BCUT2D eigenvalue weighted by molar-refractivity contribution is -0.120. The molecule has 0 aliphatic carbocycles. The molecule has 0 fully saturated rings. The van der Waals surface area contributed by atoms with Crippen LogP contribution in [0.15, 0.2) is 17.5 Å². The second-order valence-electron chi connectivity index (χ2n) is 2.82. The number of thiocarbonyl (C=S) groups is 1. The number of aryl methyl sites for hydroxylation is 1. The molecule has 3 N–H and O–H groups in total. The maximum absolute atomic E-state index is 11.2. The normalized spacial score (nSPS) is 9.71. The topological polar surface area (TPSA) is 55.1 Å². The Labute approximate surface area is 92.3 Å². The van der Waals surface area contributed by atoms with E-state index in [0.29, 0.717) is 18.0 Å². The molecule has 0 radical (unpaired) electrons. The van der Waals surface area contributed by atoms with Crippen LogP contribution in [0.4, 0.5) is 0 Å². The molecule has 1 amide bonds. The van der Waals surface area contributed by atoms with Gasteiger partial charge in [-0.25, -0.2) is 0 Å². The van der Waals surface area contributed by atoms with E-state index in [9.17, 15) is 4.79 Å². The molecule has 0 atom stereocenters. The van der Waals surface area contributed by atoms with Gasteiger partial charge in [0.05, 0.1) is 11.5 Å². The Balaban J connectivity index is 2.18. The quantitative estimate of drug-likeness (QED) is 0.742. The molecule has 0 aromatic carbocycles. The standard InChI is InChI=1S/C9H12N2OS2/c10-8(13)6-11-9(12)4-3-7-2-1-5-14-7/h1-2,5H,3-4,6H2,(H2,10,13)(H,11,12). The van der Waals surface area contributed by atoms with Crippen LogP contribution in [-0.2, 0) is 11.2 Å². The van der Waals surface area contributed by atoms with E-state index in [2.05, 4.69) is 17.5 Å².